The van der Waals surface area contributed by atoms with Crippen molar-refractivity contribution in [3.8, 4) is 0 Å². The van der Waals surface area contributed by atoms with Gasteiger partial charge in [-0.25, -0.2) is 4.57 Å². The molecule has 0 aromatic carbocycles. The quantitative estimate of drug-likeness (QED) is 0.479. The molecule has 0 amide bonds. The first-order valence-electron chi connectivity index (χ1n) is 0.752. The number of rotatable bonds is 0. The van der Waals surface area contributed by atoms with Crippen molar-refractivity contribution in [1.82, 2.24) is 0 Å². The summed E-state index contributed by atoms with van der Waals surface area (Å²) in [6.45, 7) is -4.17. The Labute approximate surface area is 127 Å². The molecule has 0 heterocycles. The third-order valence-corrected chi connectivity index (χ3v) is 0. The maximum absolute atomic E-state index is 9.09. The zero-order valence-corrected chi connectivity index (χ0v) is 10.8. The second kappa shape index (κ2) is 7.61. The normalized spacial score (nSPS) is 8.43. The Hall–Kier alpha value is 3.50. The summed E-state index contributed by atoms with van der Waals surface area (Å²) in [7, 11) is 0. The van der Waals surface area contributed by atoms with Crippen LogP contribution in [0.1, 0.15) is 2.85 Å². The first-order chi connectivity index (χ1) is 2.00. The van der Waals surface area contributed by atoms with Gasteiger partial charge in [0.25, 0.3) is 0 Å². The van der Waals surface area contributed by atoms with Crippen LogP contribution >= 0.6 is 18.2 Å². The average molecular weight is 358 g/mol. The molecule has 3 nitrogen and oxygen atoms in total. The standard InChI is InChI=1S/ClH2O3P.Eu.Sr.2H/c1-5(2,3)4;;;;/h(H2,2,3,4);;;;/q;;+2;2*-1. The maximum Gasteiger partial charge on any atom is 2.00 e. The van der Waals surface area contributed by atoms with E-state index in [0.29, 0.717) is 0 Å². The van der Waals surface area contributed by atoms with Crippen LogP contribution < -0.4 is 0 Å². The number of hydrogen-bond donors (Lipinski definition) is 2. The SMILES string of the molecule is O=P(O)(O)Cl.[Eu].[H-].[H-].[Sr+2]. The van der Waals surface area contributed by atoms with Crippen molar-refractivity contribution < 1.29 is 66.6 Å². The molecule has 0 bridgehead atoms. The molecule has 2 N–H and O–H groups in total. The Bertz CT molecular complexity index is 67.9. The van der Waals surface area contributed by atoms with Gasteiger partial charge in [0.05, 0.1) is 0 Å². The van der Waals surface area contributed by atoms with Crippen molar-refractivity contribution in [2.75, 3.05) is 0 Å². The van der Waals surface area contributed by atoms with E-state index in [9.17, 15) is 0 Å². The molecule has 0 atom stereocenters. The predicted octanol–water partition coefficient (Wildman–Crippen LogP) is 0.162. The molecule has 43 valence electrons. The molecule has 7 heavy (non-hydrogen) atoms. The first-order valence-corrected chi connectivity index (χ1v) is 3.27. The molecule has 7 heteroatoms. The van der Waals surface area contributed by atoms with Crippen LogP contribution in [0.3, 0.4) is 0 Å². The molecule has 0 aliphatic carbocycles. The fourth-order valence-corrected chi connectivity index (χ4v) is 0. The summed E-state index contributed by atoms with van der Waals surface area (Å²) in [6.07, 6.45) is 0. The monoisotopic (exact) mass is 359 g/mol. The van der Waals surface area contributed by atoms with E-state index in [0.717, 1.165) is 0 Å². The molecular formula is H4ClEuO3PSr. The van der Waals surface area contributed by atoms with Gasteiger partial charge >= 0.3 is 52.4 Å². The van der Waals surface area contributed by atoms with Crippen molar-refractivity contribution in [2.45, 2.75) is 0 Å². The van der Waals surface area contributed by atoms with E-state index < -0.39 is 6.95 Å². The van der Waals surface area contributed by atoms with E-state index in [1.165, 1.54) is 0 Å². The Morgan fingerprint density at radius 3 is 1.57 bits per heavy atom. The molecule has 1 radical (unpaired) electrons. The van der Waals surface area contributed by atoms with Gasteiger partial charge in [-0.05, 0) is 0 Å². The molecule has 0 aromatic heterocycles. The minimum absolute atomic E-state index is 0. The van der Waals surface area contributed by atoms with Crippen molar-refractivity contribution >= 4 is 63.7 Å². The summed E-state index contributed by atoms with van der Waals surface area (Å²) in [5.41, 5.74) is 0. The molecule has 0 spiro atoms. The van der Waals surface area contributed by atoms with Crippen LogP contribution in [-0.4, -0.2) is 55.3 Å². The third-order valence-electron chi connectivity index (χ3n) is 0. The van der Waals surface area contributed by atoms with E-state index in [4.69, 9.17) is 14.4 Å². The van der Waals surface area contributed by atoms with E-state index in [1.54, 1.807) is 0 Å². The molecule has 0 rings (SSSR count). The van der Waals surface area contributed by atoms with Crippen LogP contribution in [0.2, 0.25) is 0 Å². The average Bonchev–Trinajstić information content (AvgIpc) is 0.722. The third kappa shape index (κ3) is 43.6. The predicted molar refractivity (Wildman–Crippen MR) is 25.9 cm³/mol. The maximum atomic E-state index is 9.09. The van der Waals surface area contributed by atoms with Crippen molar-refractivity contribution in [3.63, 3.8) is 0 Å². The van der Waals surface area contributed by atoms with E-state index in [-0.39, 0.29) is 97.7 Å². The Morgan fingerprint density at radius 1 is 1.57 bits per heavy atom. The van der Waals surface area contributed by atoms with Gasteiger partial charge in [-0.3, -0.25) is 0 Å². The molecule has 0 aliphatic rings. The summed E-state index contributed by atoms with van der Waals surface area (Å²) in [5, 5.41) is 0. The van der Waals surface area contributed by atoms with Gasteiger partial charge in [-0.15, -0.1) is 0 Å². The van der Waals surface area contributed by atoms with Crippen LogP contribution in [0.4, 0.5) is 0 Å². The molecule has 0 aliphatic heterocycles. The van der Waals surface area contributed by atoms with Crippen LogP contribution in [-0.2, 0) is 4.57 Å². The first kappa shape index (κ1) is 16.8. The largest absolute Gasteiger partial charge is 2.00 e. The molecule has 0 unspecified atom stereocenters. The molecule has 0 saturated heterocycles. The van der Waals surface area contributed by atoms with Crippen molar-refractivity contribution in [1.29, 1.82) is 0 Å². The van der Waals surface area contributed by atoms with Gasteiger partial charge in [0.2, 0.25) is 0 Å². The Balaban J connectivity index is -0.0000000133. The van der Waals surface area contributed by atoms with Crippen molar-refractivity contribution in [3.05, 3.63) is 0 Å². The topological polar surface area (TPSA) is 57.5 Å². The summed E-state index contributed by atoms with van der Waals surface area (Å²) in [4.78, 5) is 14.8. The van der Waals surface area contributed by atoms with Gasteiger partial charge < -0.3 is 12.6 Å². The van der Waals surface area contributed by atoms with Crippen molar-refractivity contribution in [2.24, 2.45) is 0 Å². The minimum atomic E-state index is -4.17. The summed E-state index contributed by atoms with van der Waals surface area (Å²) in [6, 6.07) is 0. The molecule has 0 fully saturated rings. The summed E-state index contributed by atoms with van der Waals surface area (Å²) >= 11 is 4.20. The van der Waals surface area contributed by atoms with Crippen LogP contribution in [0, 0.1) is 49.4 Å². The van der Waals surface area contributed by atoms with Gasteiger partial charge in [0, 0.05) is 60.6 Å². The molecule has 0 saturated carbocycles. The van der Waals surface area contributed by atoms with E-state index in [2.05, 4.69) is 11.2 Å². The zero-order chi connectivity index (χ0) is 4.50. The van der Waals surface area contributed by atoms with Crippen LogP contribution in [0.15, 0.2) is 0 Å². The Morgan fingerprint density at radius 2 is 1.57 bits per heavy atom. The molecule has 0 aromatic rings. The van der Waals surface area contributed by atoms with E-state index >= 15 is 0 Å². The zero-order valence-electron chi connectivity index (χ0n) is 5.21. The van der Waals surface area contributed by atoms with Crippen LogP contribution in [0.5, 0.6) is 0 Å². The fraction of sp³-hybridized carbons (Fsp3) is 0. The van der Waals surface area contributed by atoms with Gasteiger partial charge in [0.15, 0.2) is 0 Å². The summed E-state index contributed by atoms with van der Waals surface area (Å²) in [5.74, 6) is 0. The van der Waals surface area contributed by atoms with Gasteiger partial charge in [0.1, 0.15) is 0 Å². The second-order valence-corrected chi connectivity index (χ2v) is 2.74. The number of halogens is 1. The number of hydrogen-bond acceptors (Lipinski definition) is 1. The minimum Gasteiger partial charge on any atom is -1.00 e. The summed E-state index contributed by atoms with van der Waals surface area (Å²) < 4.78 is 9.09. The van der Waals surface area contributed by atoms with Gasteiger partial charge in [-0.1, -0.05) is 0 Å². The smallest absolute Gasteiger partial charge is 1.00 e. The van der Waals surface area contributed by atoms with Crippen LogP contribution in [0.25, 0.3) is 0 Å². The van der Waals surface area contributed by atoms with E-state index in [1.807, 2.05) is 0 Å². The van der Waals surface area contributed by atoms with Gasteiger partial charge in [-0.2, -0.15) is 0 Å². The Kier molecular flexibility index (Phi) is 18.3. The fourth-order valence-electron chi connectivity index (χ4n) is 0. The molecular weight excluding hydrogens is 354 g/mol. The second-order valence-electron chi connectivity index (χ2n) is 0.473.